The summed E-state index contributed by atoms with van der Waals surface area (Å²) >= 11 is 0.974. The Hall–Kier alpha value is 0.540. The summed E-state index contributed by atoms with van der Waals surface area (Å²) in [6.07, 6.45) is 1.47. The van der Waals surface area contributed by atoms with Crippen molar-refractivity contribution in [2.75, 3.05) is 39.6 Å². The van der Waals surface area contributed by atoms with E-state index in [0.717, 1.165) is 11.8 Å². The van der Waals surface area contributed by atoms with E-state index in [-0.39, 0.29) is 44.3 Å². The molecule has 0 radical (unpaired) electrons. The molecule has 0 aromatic rings. The average Bonchev–Trinajstić information content (AvgIpc) is 3.11. The maximum Gasteiger partial charge on any atom is 0.367 e. The Morgan fingerprint density at radius 2 is 1.07 bits per heavy atom. The van der Waals surface area contributed by atoms with Gasteiger partial charge in [0.15, 0.2) is 0 Å². The molecular weight excluding hydrogens is 461 g/mol. The lowest BCUT2D eigenvalue weighted by Gasteiger charge is -2.30. The summed E-state index contributed by atoms with van der Waals surface area (Å²) in [4.78, 5) is -0.976. The third kappa shape index (κ3) is 6.76. The Morgan fingerprint density at radius 1 is 0.690 bits per heavy atom. The minimum absolute atomic E-state index is 0.122. The fourth-order valence-corrected chi connectivity index (χ4v) is 12.6. The average molecular weight is 494 g/mol. The highest BCUT2D eigenvalue weighted by molar-refractivity contribution is 8.15. The second kappa shape index (κ2) is 12.5. The lowest BCUT2D eigenvalue weighted by Crippen LogP contribution is -2.23. The van der Waals surface area contributed by atoms with Crippen LogP contribution in [0.4, 0.5) is 0 Å². The van der Waals surface area contributed by atoms with Crippen LogP contribution in [0.3, 0.4) is 0 Å². The van der Waals surface area contributed by atoms with Gasteiger partial charge in [0, 0.05) is 0 Å². The number of thioether (sulfide) groups is 1. The van der Waals surface area contributed by atoms with Gasteiger partial charge in [0.2, 0.25) is 0 Å². The zero-order valence-corrected chi connectivity index (χ0v) is 21.4. The normalized spacial score (nSPS) is 20.8. The zero-order valence-electron chi connectivity index (χ0n) is 17.9. The van der Waals surface area contributed by atoms with Crippen LogP contribution in [0.25, 0.3) is 0 Å². The van der Waals surface area contributed by atoms with Gasteiger partial charge in [-0.3, -0.25) is 13.7 Å². The molecule has 0 aromatic heterocycles. The van der Waals surface area contributed by atoms with Gasteiger partial charge in [0.05, 0.1) is 44.3 Å². The topological polar surface area (TPSA) is 107 Å². The minimum Gasteiger partial charge on any atom is -0.308 e. The van der Waals surface area contributed by atoms with Crippen molar-refractivity contribution in [2.24, 2.45) is 0 Å². The summed E-state index contributed by atoms with van der Waals surface area (Å²) in [6, 6.07) is 0. The minimum atomic E-state index is -3.77. The molecule has 1 unspecified atom stereocenters. The van der Waals surface area contributed by atoms with Crippen LogP contribution in [0.15, 0.2) is 10.7 Å². The van der Waals surface area contributed by atoms with Crippen LogP contribution >= 0.6 is 34.5 Å². The van der Waals surface area contributed by atoms with Crippen molar-refractivity contribution in [1.82, 2.24) is 0 Å². The summed E-state index contributed by atoms with van der Waals surface area (Å²) in [6.45, 7) is 10.9. The van der Waals surface area contributed by atoms with Gasteiger partial charge in [0.1, 0.15) is 10.7 Å². The molecule has 0 aliphatic carbocycles. The Morgan fingerprint density at radius 3 is 1.45 bits per heavy atom. The molecule has 0 aromatic carbocycles. The fraction of sp³-hybridized carbons (Fsp3) is 0.875. The van der Waals surface area contributed by atoms with Gasteiger partial charge >= 0.3 is 22.8 Å². The van der Waals surface area contributed by atoms with E-state index >= 15 is 0 Å². The van der Waals surface area contributed by atoms with Crippen molar-refractivity contribution in [3.05, 3.63) is 10.7 Å². The molecule has 2 atom stereocenters. The molecular formula is C16H33O9P3S. The first-order valence-electron chi connectivity index (χ1n) is 9.75. The summed E-state index contributed by atoms with van der Waals surface area (Å²) in [5.41, 5.74) is -0.999. The Balaban J connectivity index is 3.53. The molecule has 0 spiro atoms. The summed E-state index contributed by atoms with van der Waals surface area (Å²) in [5, 5.41) is 0. The fourth-order valence-electron chi connectivity index (χ4n) is 2.73. The molecule has 0 bridgehead atoms. The molecule has 0 amide bonds. The first-order valence-corrected chi connectivity index (χ1v) is 15.4. The molecule has 1 aliphatic rings. The van der Waals surface area contributed by atoms with Crippen LogP contribution < -0.4 is 0 Å². The van der Waals surface area contributed by atoms with Gasteiger partial charge in [-0.25, -0.2) is 0 Å². The number of allylic oxidation sites excluding steroid dienone is 1. The third-order valence-electron chi connectivity index (χ3n) is 3.63. The molecule has 172 valence electrons. The van der Waals surface area contributed by atoms with Crippen LogP contribution in [-0.2, 0) is 40.8 Å². The Kier molecular flexibility index (Phi) is 11.9. The molecule has 13 heteroatoms. The van der Waals surface area contributed by atoms with Gasteiger partial charge < -0.3 is 27.1 Å². The number of rotatable bonds is 15. The molecule has 0 fully saturated rings. The van der Waals surface area contributed by atoms with Crippen molar-refractivity contribution in [1.29, 1.82) is 0 Å². The van der Waals surface area contributed by atoms with Crippen molar-refractivity contribution in [3.63, 3.8) is 0 Å². The standard InChI is InChI=1S/C16H33O9P3S/c1-7-20-26(17,21-8-2)14-13-15(27(18,22-9-3)23-10-4)29-16(14)28(19,24-11-5)25-12-6/h13-14,16H,7-12H2,1-6H3/t14-,16?/m0/s1. The molecule has 1 heterocycles. The largest absolute Gasteiger partial charge is 0.367 e. The summed E-state index contributed by atoms with van der Waals surface area (Å²) in [5.74, 6) is 0. The molecule has 1 aliphatic heterocycles. The van der Waals surface area contributed by atoms with E-state index in [1.807, 2.05) is 0 Å². The monoisotopic (exact) mass is 494 g/mol. The van der Waals surface area contributed by atoms with E-state index in [0.29, 0.717) is 0 Å². The second-order valence-electron chi connectivity index (χ2n) is 5.59. The molecule has 1 rings (SSSR count). The van der Waals surface area contributed by atoms with Crippen LogP contribution in [0.2, 0.25) is 0 Å². The second-order valence-corrected chi connectivity index (χ2v) is 13.8. The third-order valence-corrected chi connectivity index (χ3v) is 13.5. The van der Waals surface area contributed by atoms with Gasteiger partial charge in [-0.1, -0.05) is 0 Å². The maximum atomic E-state index is 13.6. The van der Waals surface area contributed by atoms with Crippen molar-refractivity contribution in [2.45, 2.75) is 52.2 Å². The maximum absolute atomic E-state index is 13.6. The lowest BCUT2D eigenvalue weighted by atomic mass is 10.5. The molecule has 0 saturated carbocycles. The van der Waals surface area contributed by atoms with E-state index in [2.05, 4.69) is 0 Å². The van der Waals surface area contributed by atoms with Crippen LogP contribution in [-0.4, -0.2) is 50.3 Å². The van der Waals surface area contributed by atoms with Crippen molar-refractivity contribution >= 4 is 34.5 Å². The first kappa shape index (κ1) is 27.6. The van der Waals surface area contributed by atoms with E-state index in [9.17, 15) is 13.7 Å². The molecule has 9 nitrogen and oxygen atoms in total. The highest BCUT2D eigenvalue weighted by Crippen LogP contribution is 2.75. The highest BCUT2D eigenvalue weighted by Gasteiger charge is 2.56. The van der Waals surface area contributed by atoms with E-state index in [4.69, 9.17) is 27.1 Å². The van der Waals surface area contributed by atoms with Crippen LogP contribution in [0.5, 0.6) is 0 Å². The van der Waals surface area contributed by atoms with Gasteiger partial charge in [0.25, 0.3) is 0 Å². The van der Waals surface area contributed by atoms with Crippen LogP contribution in [0, 0.1) is 0 Å². The highest BCUT2D eigenvalue weighted by atomic mass is 32.2. The number of hydrogen-bond acceptors (Lipinski definition) is 10. The van der Waals surface area contributed by atoms with Crippen molar-refractivity contribution < 1.29 is 40.8 Å². The molecule has 0 N–H and O–H groups in total. The number of hydrogen-bond donors (Lipinski definition) is 0. The van der Waals surface area contributed by atoms with E-state index in [1.54, 1.807) is 41.5 Å². The summed E-state index contributed by atoms with van der Waals surface area (Å²) in [7, 11) is -11.2. The smallest absolute Gasteiger partial charge is 0.308 e. The first-order chi connectivity index (χ1) is 13.7. The Bertz CT molecular complexity index is 655. The molecule has 0 saturated heterocycles. The van der Waals surface area contributed by atoms with Crippen LogP contribution in [0.1, 0.15) is 41.5 Å². The van der Waals surface area contributed by atoms with Gasteiger partial charge in [-0.2, -0.15) is 0 Å². The SMILES string of the molecule is CCOP(=O)(OCC)C1=C[C@H](P(=O)(OCC)OCC)C(P(=O)(OCC)OCC)S1. The van der Waals surface area contributed by atoms with E-state index in [1.165, 1.54) is 6.08 Å². The predicted molar refractivity (Wildman–Crippen MR) is 116 cm³/mol. The quantitative estimate of drug-likeness (QED) is 0.249. The summed E-state index contributed by atoms with van der Waals surface area (Å²) < 4.78 is 73.4. The predicted octanol–water partition coefficient (Wildman–Crippen LogP) is 6.07. The zero-order chi connectivity index (χ0) is 22.1. The van der Waals surface area contributed by atoms with E-state index < -0.39 is 33.4 Å². The lowest BCUT2D eigenvalue weighted by molar-refractivity contribution is 0.205. The van der Waals surface area contributed by atoms with Gasteiger partial charge in [-0.05, 0) is 47.6 Å². The Labute approximate surface area is 178 Å². The molecule has 29 heavy (non-hydrogen) atoms. The van der Waals surface area contributed by atoms with Gasteiger partial charge in [-0.15, -0.1) is 11.8 Å². The van der Waals surface area contributed by atoms with Crippen molar-refractivity contribution in [3.8, 4) is 0 Å².